The highest BCUT2D eigenvalue weighted by atomic mass is 16.3. The third kappa shape index (κ3) is 2.32. The number of phenols is 1. The maximum atomic E-state index is 9.46. The predicted octanol–water partition coefficient (Wildman–Crippen LogP) is 3.48. The number of aromatic nitrogens is 2. The summed E-state index contributed by atoms with van der Waals surface area (Å²) in [5, 5.41) is 9.46. The molecule has 2 N–H and O–H groups in total. The molecule has 1 aromatic heterocycles. The predicted molar refractivity (Wildman–Crippen MR) is 76.5 cm³/mol. The van der Waals surface area contributed by atoms with Gasteiger partial charge in [-0.25, -0.2) is 4.98 Å². The average Bonchev–Trinajstić information content (AvgIpc) is 2.75. The van der Waals surface area contributed by atoms with E-state index in [1.807, 2.05) is 6.07 Å². The molecule has 0 aliphatic carbocycles. The molecule has 2 aromatic carbocycles. The first kappa shape index (κ1) is 11.8. The van der Waals surface area contributed by atoms with Crippen molar-refractivity contribution in [3.05, 3.63) is 58.9 Å². The highest BCUT2D eigenvalue weighted by Crippen LogP contribution is 2.20. The van der Waals surface area contributed by atoms with E-state index in [2.05, 4.69) is 42.0 Å². The summed E-state index contributed by atoms with van der Waals surface area (Å²) in [4.78, 5) is 7.81. The van der Waals surface area contributed by atoms with Crippen molar-refractivity contribution >= 4 is 11.0 Å². The maximum absolute atomic E-state index is 9.46. The Morgan fingerprint density at radius 2 is 1.95 bits per heavy atom. The first-order valence-electron chi connectivity index (χ1n) is 6.35. The van der Waals surface area contributed by atoms with Gasteiger partial charge in [-0.3, -0.25) is 0 Å². The fourth-order valence-corrected chi connectivity index (χ4v) is 2.31. The van der Waals surface area contributed by atoms with Crippen molar-refractivity contribution in [2.24, 2.45) is 0 Å². The SMILES string of the molecule is Cc1ccc(C)c(Cc2nc3ccc(O)cc3[nH]2)c1. The lowest BCUT2D eigenvalue weighted by molar-refractivity contribution is 0.476. The van der Waals surface area contributed by atoms with Crippen LogP contribution in [0.3, 0.4) is 0 Å². The number of aromatic amines is 1. The van der Waals surface area contributed by atoms with Crippen molar-refractivity contribution in [3.8, 4) is 5.75 Å². The van der Waals surface area contributed by atoms with E-state index in [4.69, 9.17) is 0 Å². The highest BCUT2D eigenvalue weighted by Gasteiger charge is 2.06. The Morgan fingerprint density at radius 1 is 1.11 bits per heavy atom. The third-order valence-electron chi connectivity index (χ3n) is 3.38. The minimum Gasteiger partial charge on any atom is -0.508 e. The van der Waals surface area contributed by atoms with Gasteiger partial charge in [-0.15, -0.1) is 0 Å². The van der Waals surface area contributed by atoms with Crippen molar-refractivity contribution in [3.63, 3.8) is 0 Å². The lowest BCUT2D eigenvalue weighted by Crippen LogP contribution is -1.94. The average molecular weight is 252 g/mol. The van der Waals surface area contributed by atoms with Crippen molar-refractivity contribution in [1.82, 2.24) is 9.97 Å². The van der Waals surface area contributed by atoms with Crippen LogP contribution in [0.25, 0.3) is 11.0 Å². The van der Waals surface area contributed by atoms with E-state index in [-0.39, 0.29) is 5.75 Å². The molecule has 96 valence electrons. The van der Waals surface area contributed by atoms with Crippen LogP contribution in [0, 0.1) is 13.8 Å². The molecule has 1 heterocycles. The number of aromatic hydroxyl groups is 1. The van der Waals surface area contributed by atoms with E-state index >= 15 is 0 Å². The zero-order chi connectivity index (χ0) is 13.4. The van der Waals surface area contributed by atoms with Crippen LogP contribution in [0.1, 0.15) is 22.5 Å². The molecule has 19 heavy (non-hydrogen) atoms. The third-order valence-corrected chi connectivity index (χ3v) is 3.38. The largest absolute Gasteiger partial charge is 0.508 e. The first-order chi connectivity index (χ1) is 9.11. The quantitative estimate of drug-likeness (QED) is 0.733. The van der Waals surface area contributed by atoms with Gasteiger partial charge in [0.05, 0.1) is 11.0 Å². The molecule has 0 radical (unpaired) electrons. The number of nitrogens with zero attached hydrogens (tertiary/aromatic N) is 1. The summed E-state index contributed by atoms with van der Waals surface area (Å²) in [6.45, 7) is 4.21. The van der Waals surface area contributed by atoms with E-state index in [0.29, 0.717) is 0 Å². The summed E-state index contributed by atoms with van der Waals surface area (Å²) in [5.41, 5.74) is 5.57. The molecular weight excluding hydrogens is 236 g/mol. The smallest absolute Gasteiger partial charge is 0.117 e. The molecule has 0 atom stereocenters. The molecule has 0 bridgehead atoms. The van der Waals surface area contributed by atoms with E-state index in [1.165, 1.54) is 16.7 Å². The topological polar surface area (TPSA) is 48.9 Å². The number of imidazole rings is 1. The fourth-order valence-electron chi connectivity index (χ4n) is 2.31. The highest BCUT2D eigenvalue weighted by molar-refractivity contribution is 5.76. The Bertz CT molecular complexity index is 744. The van der Waals surface area contributed by atoms with Gasteiger partial charge in [0, 0.05) is 12.5 Å². The molecule has 0 spiro atoms. The molecule has 0 amide bonds. The lowest BCUT2D eigenvalue weighted by atomic mass is 10.0. The number of rotatable bonds is 2. The Labute approximate surface area is 111 Å². The number of benzene rings is 2. The molecule has 0 aliphatic heterocycles. The molecule has 3 aromatic rings. The Hall–Kier alpha value is -2.29. The number of phenolic OH excluding ortho intramolecular Hbond substituents is 1. The normalized spacial score (nSPS) is 11.1. The number of hydrogen-bond donors (Lipinski definition) is 2. The number of hydrogen-bond acceptors (Lipinski definition) is 2. The monoisotopic (exact) mass is 252 g/mol. The number of nitrogens with one attached hydrogen (secondary N) is 1. The second-order valence-electron chi connectivity index (χ2n) is 4.99. The van der Waals surface area contributed by atoms with Crippen molar-refractivity contribution in [1.29, 1.82) is 0 Å². The van der Waals surface area contributed by atoms with Crippen molar-refractivity contribution < 1.29 is 5.11 Å². The van der Waals surface area contributed by atoms with Crippen LogP contribution in [0.5, 0.6) is 5.75 Å². The number of aryl methyl sites for hydroxylation is 2. The van der Waals surface area contributed by atoms with Gasteiger partial charge in [-0.1, -0.05) is 23.8 Å². The Balaban J connectivity index is 1.98. The Kier molecular flexibility index (Phi) is 2.75. The van der Waals surface area contributed by atoms with E-state index in [0.717, 1.165) is 23.3 Å². The van der Waals surface area contributed by atoms with Gasteiger partial charge < -0.3 is 10.1 Å². The van der Waals surface area contributed by atoms with E-state index in [1.54, 1.807) is 12.1 Å². The van der Waals surface area contributed by atoms with E-state index < -0.39 is 0 Å². The van der Waals surface area contributed by atoms with Crippen molar-refractivity contribution in [2.45, 2.75) is 20.3 Å². The molecule has 3 heteroatoms. The van der Waals surface area contributed by atoms with Gasteiger partial charge in [0.15, 0.2) is 0 Å². The van der Waals surface area contributed by atoms with Crippen LogP contribution in [0.15, 0.2) is 36.4 Å². The van der Waals surface area contributed by atoms with Crippen molar-refractivity contribution in [2.75, 3.05) is 0 Å². The van der Waals surface area contributed by atoms with Crippen LogP contribution >= 0.6 is 0 Å². The standard InChI is InChI=1S/C16H16N2O/c1-10-3-4-11(2)12(7-10)8-16-17-14-6-5-13(19)9-15(14)18-16/h3-7,9,19H,8H2,1-2H3,(H,17,18). The molecular formula is C16H16N2O. The fraction of sp³-hybridized carbons (Fsp3) is 0.188. The maximum Gasteiger partial charge on any atom is 0.117 e. The molecule has 0 fully saturated rings. The molecule has 3 rings (SSSR count). The summed E-state index contributed by atoms with van der Waals surface area (Å²) < 4.78 is 0. The van der Waals surface area contributed by atoms with Gasteiger partial charge in [-0.2, -0.15) is 0 Å². The van der Waals surface area contributed by atoms with Crippen LogP contribution in [-0.4, -0.2) is 15.1 Å². The first-order valence-corrected chi connectivity index (χ1v) is 6.35. The van der Waals surface area contributed by atoms with Crippen LogP contribution in [0.2, 0.25) is 0 Å². The second kappa shape index (κ2) is 4.43. The van der Waals surface area contributed by atoms with Gasteiger partial charge in [0.2, 0.25) is 0 Å². The number of fused-ring (bicyclic) bond motifs is 1. The minimum absolute atomic E-state index is 0.259. The minimum atomic E-state index is 0.259. The molecule has 0 unspecified atom stereocenters. The zero-order valence-electron chi connectivity index (χ0n) is 11.1. The van der Waals surface area contributed by atoms with E-state index in [9.17, 15) is 5.11 Å². The summed E-state index contributed by atoms with van der Waals surface area (Å²) in [5.74, 6) is 1.18. The molecule has 0 aliphatic rings. The van der Waals surface area contributed by atoms with Gasteiger partial charge >= 0.3 is 0 Å². The lowest BCUT2D eigenvalue weighted by Gasteiger charge is -2.04. The number of H-pyrrole nitrogens is 1. The van der Waals surface area contributed by atoms with Gasteiger partial charge in [0.1, 0.15) is 11.6 Å². The van der Waals surface area contributed by atoms with Gasteiger partial charge in [0.25, 0.3) is 0 Å². The zero-order valence-corrected chi connectivity index (χ0v) is 11.1. The molecule has 0 saturated carbocycles. The molecule has 0 saturated heterocycles. The summed E-state index contributed by atoms with van der Waals surface area (Å²) in [7, 11) is 0. The second-order valence-corrected chi connectivity index (χ2v) is 4.99. The molecule has 3 nitrogen and oxygen atoms in total. The van der Waals surface area contributed by atoms with Crippen LogP contribution in [0.4, 0.5) is 0 Å². The van der Waals surface area contributed by atoms with Gasteiger partial charge in [-0.05, 0) is 37.1 Å². The summed E-state index contributed by atoms with van der Waals surface area (Å²) in [6, 6.07) is 11.6. The Morgan fingerprint density at radius 3 is 2.79 bits per heavy atom. The van der Waals surface area contributed by atoms with Crippen LogP contribution in [-0.2, 0) is 6.42 Å². The summed E-state index contributed by atoms with van der Waals surface area (Å²) in [6.07, 6.45) is 0.781. The van der Waals surface area contributed by atoms with Crippen LogP contribution < -0.4 is 0 Å². The summed E-state index contributed by atoms with van der Waals surface area (Å²) >= 11 is 0.